The summed E-state index contributed by atoms with van der Waals surface area (Å²) in [5.74, 6) is 1.66. The maximum absolute atomic E-state index is 12.7. The molecule has 2 aromatic heterocycles. The van der Waals surface area contributed by atoms with Crippen LogP contribution in [0.15, 0.2) is 42.6 Å². The molecule has 27 heavy (non-hydrogen) atoms. The Morgan fingerprint density at radius 3 is 2.70 bits per heavy atom. The maximum atomic E-state index is 12.7. The quantitative estimate of drug-likeness (QED) is 0.770. The van der Waals surface area contributed by atoms with Crippen LogP contribution in [0.3, 0.4) is 0 Å². The smallest absolute Gasteiger partial charge is 0.259 e. The Balaban J connectivity index is 1.62. The van der Waals surface area contributed by atoms with E-state index in [1.807, 2.05) is 34.9 Å². The first-order valence-corrected chi connectivity index (χ1v) is 9.14. The van der Waals surface area contributed by atoms with Gasteiger partial charge in [0.1, 0.15) is 11.6 Å². The minimum atomic E-state index is -0.232. The summed E-state index contributed by atoms with van der Waals surface area (Å²) < 4.78 is 7.28. The zero-order valence-electron chi connectivity index (χ0n) is 15.6. The monoisotopic (exact) mass is 365 g/mol. The fourth-order valence-corrected chi connectivity index (χ4v) is 3.60. The van der Waals surface area contributed by atoms with Crippen LogP contribution in [-0.2, 0) is 0 Å². The molecule has 0 aliphatic carbocycles. The predicted molar refractivity (Wildman–Crippen MR) is 103 cm³/mol. The van der Waals surface area contributed by atoms with Crippen molar-refractivity contribution in [2.24, 2.45) is 0 Å². The van der Waals surface area contributed by atoms with Gasteiger partial charge in [0.15, 0.2) is 5.65 Å². The minimum Gasteiger partial charge on any atom is -0.496 e. The van der Waals surface area contributed by atoms with E-state index in [9.17, 15) is 4.79 Å². The third-order valence-corrected chi connectivity index (χ3v) is 5.14. The van der Waals surface area contributed by atoms with Crippen molar-refractivity contribution in [1.82, 2.24) is 19.5 Å². The number of rotatable bonds is 4. The molecule has 1 N–H and O–H groups in total. The van der Waals surface area contributed by atoms with E-state index in [0.717, 1.165) is 31.8 Å². The fraction of sp³-hybridized carbons (Fsp3) is 0.350. The number of ether oxygens (including phenoxy) is 1. The SMILES string of the molecule is COc1ccccc1C(=O)Nc1cccn2c(C3CCN(C)CC3)nnc12. The molecule has 7 nitrogen and oxygen atoms in total. The first-order chi connectivity index (χ1) is 13.2. The maximum Gasteiger partial charge on any atom is 0.259 e. The Hall–Kier alpha value is -2.93. The second-order valence-electron chi connectivity index (χ2n) is 6.91. The lowest BCUT2D eigenvalue weighted by Crippen LogP contribution is -2.29. The van der Waals surface area contributed by atoms with Crippen LogP contribution in [0.5, 0.6) is 5.75 Å². The number of para-hydroxylation sites is 1. The number of methoxy groups -OCH3 is 1. The van der Waals surface area contributed by atoms with E-state index in [0.29, 0.717) is 28.6 Å². The van der Waals surface area contributed by atoms with Gasteiger partial charge >= 0.3 is 0 Å². The van der Waals surface area contributed by atoms with Crippen molar-refractivity contribution in [3.63, 3.8) is 0 Å². The number of nitrogens with zero attached hydrogens (tertiary/aromatic N) is 4. The number of anilines is 1. The van der Waals surface area contributed by atoms with Gasteiger partial charge in [-0.15, -0.1) is 10.2 Å². The number of aromatic nitrogens is 3. The van der Waals surface area contributed by atoms with E-state index in [4.69, 9.17) is 4.74 Å². The molecule has 0 spiro atoms. The summed E-state index contributed by atoms with van der Waals surface area (Å²) in [5, 5.41) is 11.7. The summed E-state index contributed by atoms with van der Waals surface area (Å²) in [7, 11) is 3.70. The molecular weight excluding hydrogens is 342 g/mol. The molecule has 0 bridgehead atoms. The van der Waals surface area contributed by atoms with Gasteiger partial charge in [0.05, 0.1) is 18.4 Å². The van der Waals surface area contributed by atoms with Gasteiger partial charge < -0.3 is 15.0 Å². The van der Waals surface area contributed by atoms with Crippen LogP contribution in [-0.4, -0.2) is 52.7 Å². The molecule has 1 aliphatic heterocycles. The first kappa shape index (κ1) is 17.5. The Morgan fingerprint density at radius 2 is 1.93 bits per heavy atom. The Labute approximate surface area is 158 Å². The van der Waals surface area contributed by atoms with Crippen LogP contribution < -0.4 is 10.1 Å². The van der Waals surface area contributed by atoms with Gasteiger partial charge in [-0.2, -0.15) is 0 Å². The largest absolute Gasteiger partial charge is 0.496 e. The molecule has 0 radical (unpaired) electrons. The molecular formula is C20H23N5O2. The summed E-state index contributed by atoms with van der Waals surface area (Å²) >= 11 is 0. The molecule has 4 rings (SSSR count). The van der Waals surface area contributed by atoms with Crippen LogP contribution in [0.4, 0.5) is 5.69 Å². The van der Waals surface area contributed by atoms with Crippen molar-refractivity contribution in [3.05, 3.63) is 54.0 Å². The topological polar surface area (TPSA) is 71.8 Å². The molecule has 0 saturated carbocycles. The highest BCUT2D eigenvalue weighted by atomic mass is 16.5. The highest BCUT2D eigenvalue weighted by Crippen LogP contribution is 2.28. The Bertz CT molecular complexity index is 960. The van der Waals surface area contributed by atoms with Crippen LogP contribution in [0.2, 0.25) is 0 Å². The molecule has 1 aliphatic rings. The van der Waals surface area contributed by atoms with Crippen molar-refractivity contribution >= 4 is 17.2 Å². The van der Waals surface area contributed by atoms with E-state index in [2.05, 4.69) is 27.5 Å². The molecule has 0 atom stereocenters. The zero-order chi connectivity index (χ0) is 18.8. The minimum absolute atomic E-state index is 0.232. The highest BCUT2D eigenvalue weighted by Gasteiger charge is 2.24. The van der Waals surface area contributed by atoms with Gasteiger partial charge in [-0.1, -0.05) is 12.1 Å². The van der Waals surface area contributed by atoms with Crippen molar-refractivity contribution in [1.29, 1.82) is 0 Å². The van der Waals surface area contributed by atoms with E-state index >= 15 is 0 Å². The second kappa shape index (κ2) is 7.36. The van der Waals surface area contributed by atoms with E-state index in [-0.39, 0.29) is 5.91 Å². The molecule has 7 heteroatoms. The third-order valence-electron chi connectivity index (χ3n) is 5.14. The number of piperidine rings is 1. The summed E-state index contributed by atoms with van der Waals surface area (Å²) in [6, 6.07) is 10.9. The predicted octanol–water partition coefficient (Wildman–Crippen LogP) is 2.80. The fourth-order valence-electron chi connectivity index (χ4n) is 3.60. The number of carbonyl (C=O) groups is 1. The summed E-state index contributed by atoms with van der Waals surface area (Å²) in [5.41, 5.74) is 1.78. The molecule has 3 heterocycles. The molecule has 0 unspecified atom stereocenters. The summed E-state index contributed by atoms with van der Waals surface area (Å²) in [4.78, 5) is 15.1. The van der Waals surface area contributed by atoms with Gasteiger partial charge in [-0.05, 0) is 57.2 Å². The molecule has 1 amide bonds. The lowest BCUT2D eigenvalue weighted by Gasteiger charge is -2.27. The van der Waals surface area contributed by atoms with Crippen molar-refractivity contribution in [2.75, 3.05) is 32.6 Å². The van der Waals surface area contributed by atoms with Gasteiger partial charge in [-0.25, -0.2) is 0 Å². The molecule has 1 aromatic carbocycles. The Morgan fingerprint density at radius 1 is 1.15 bits per heavy atom. The van der Waals surface area contributed by atoms with Gasteiger partial charge in [0, 0.05) is 12.1 Å². The normalized spacial score (nSPS) is 15.8. The zero-order valence-corrected chi connectivity index (χ0v) is 15.6. The highest BCUT2D eigenvalue weighted by molar-refractivity contribution is 6.07. The number of benzene rings is 1. The number of amides is 1. The molecule has 1 fully saturated rings. The number of pyridine rings is 1. The first-order valence-electron chi connectivity index (χ1n) is 9.14. The number of hydrogen-bond donors (Lipinski definition) is 1. The van der Waals surface area contributed by atoms with Gasteiger partial charge in [-0.3, -0.25) is 9.20 Å². The number of likely N-dealkylation sites (tertiary alicyclic amines) is 1. The number of nitrogens with one attached hydrogen (secondary N) is 1. The van der Waals surface area contributed by atoms with Gasteiger partial charge in [0.2, 0.25) is 0 Å². The molecule has 140 valence electrons. The summed E-state index contributed by atoms with van der Waals surface area (Å²) in [6.45, 7) is 2.12. The standard InChI is InChI=1S/C20H23N5O2/c1-24-12-9-14(10-13-24)18-22-23-19-16(7-5-11-25(18)19)21-20(26)15-6-3-4-8-17(15)27-2/h3-8,11,14H,9-10,12-13H2,1-2H3,(H,21,26). The summed E-state index contributed by atoms with van der Waals surface area (Å²) in [6.07, 6.45) is 4.09. The molecule has 3 aromatic rings. The van der Waals surface area contributed by atoms with E-state index in [1.54, 1.807) is 19.2 Å². The molecule has 1 saturated heterocycles. The van der Waals surface area contributed by atoms with Gasteiger partial charge in [0.25, 0.3) is 5.91 Å². The number of carbonyl (C=O) groups excluding carboxylic acids is 1. The van der Waals surface area contributed by atoms with E-state index < -0.39 is 0 Å². The van der Waals surface area contributed by atoms with Crippen molar-refractivity contribution in [3.8, 4) is 5.75 Å². The lowest BCUT2D eigenvalue weighted by atomic mass is 9.96. The number of fused-ring (bicyclic) bond motifs is 1. The third kappa shape index (κ3) is 3.38. The van der Waals surface area contributed by atoms with E-state index in [1.165, 1.54) is 0 Å². The van der Waals surface area contributed by atoms with Crippen molar-refractivity contribution in [2.45, 2.75) is 18.8 Å². The van der Waals surface area contributed by atoms with Crippen LogP contribution >= 0.6 is 0 Å². The van der Waals surface area contributed by atoms with Crippen LogP contribution in [0.1, 0.15) is 34.9 Å². The van der Waals surface area contributed by atoms with Crippen LogP contribution in [0.25, 0.3) is 5.65 Å². The van der Waals surface area contributed by atoms with Crippen LogP contribution in [0, 0.1) is 0 Å². The lowest BCUT2D eigenvalue weighted by molar-refractivity contribution is 0.102. The van der Waals surface area contributed by atoms with Crippen molar-refractivity contribution < 1.29 is 9.53 Å². The average Bonchev–Trinajstić information content (AvgIpc) is 3.13. The number of hydrogen-bond acceptors (Lipinski definition) is 5. The average molecular weight is 365 g/mol. The Kier molecular flexibility index (Phi) is 4.77. The second-order valence-corrected chi connectivity index (χ2v) is 6.91.